The van der Waals surface area contributed by atoms with Gasteiger partial charge in [-0.05, 0) is 25.1 Å². The van der Waals surface area contributed by atoms with Gasteiger partial charge in [-0.2, -0.15) is 0 Å². The van der Waals surface area contributed by atoms with Crippen LogP contribution in [-0.2, 0) is 6.61 Å². The summed E-state index contributed by atoms with van der Waals surface area (Å²) in [5.41, 5.74) is 2.16. The zero-order valence-electron chi connectivity index (χ0n) is 11.4. The van der Waals surface area contributed by atoms with E-state index in [0.29, 0.717) is 23.8 Å². The number of aromatic nitrogens is 1. The fourth-order valence-electron chi connectivity index (χ4n) is 1.75. The molecule has 0 unspecified atom stereocenters. The fraction of sp³-hybridized carbons (Fsp3) is 0.200. The molecule has 0 aliphatic carbocycles. The van der Waals surface area contributed by atoms with Crippen molar-refractivity contribution in [2.75, 3.05) is 7.11 Å². The molecule has 1 aromatic carbocycles. The van der Waals surface area contributed by atoms with Gasteiger partial charge in [-0.1, -0.05) is 11.2 Å². The average molecular weight is 272 g/mol. The molecular formula is C15H16N2O3. The molecule has 2 rings (SSSR count). The van der Waals surface area contributed by atoms with Crippen molar-refractivity contribution >= 4 is 5.71 Å². The first-order valence-corrected chi connectivity index (χ1v) is 6.13. The lowest BCUT2D eigenvalue weighted by molar-refractivity contribution is 0.300. The number of methoxy groups -OCH3 is 1. The molecule has 5 nitrogen and oxygen atoms in total. The van der Waals surface area contributed by atoms with Crippen LogP contribution >= 0.6 is 0 Å². The molecule has 104 valence electrons. The highest BCUT2D eigenvalue weighted by molar-refractivity contribution is 6.00. The van der Waals surface area contributed by atoms with Crippen molar-refractivity contribution in [3.63, 3.8) is 0 Å². The van der Waals surface area contributed by atoms with E-state index in [2.05, 4.69) is 10.1 Å². The van der Waals surface area contributed by atoms with Gasteiger partial charge >= 0.3 is 0 Å². The highest BCUT2D eigenvalue weighted by atomic mass is 16.5. The Balaban J connectivity index is 2.24. The van der Waals surface area contributed by atoms with Gasteiger partial charge in [0.2, 0.25) is 0 Å². The van der Waals surface area contributed by atoms with E-state index in [-0.39, 0.29) is 0 Å². The van der Waals surface area contributed by atoms with E-state index in [1.165, 1.54) is 0 Å². The predicted octanol–water partition coefficient (Wildman–Crippen LogP) is 2.87. The van der Waals surface area contributed by atoms with Gasteiger partial charge in [-0.25, -0.2) is 0 Å². The summed E-state index contributed by atoms with van der Waals surface area (Å²) in [5, 5.41) is 12.1. The number of ether oxygens (including phenoxy) is 2. The molecule has 0 aliphatic heterocycles. The Morgan fingerprint density at radius 2 is 2.20 bits per heavy atom. The highest BCUT2D eigenvalue weighted by Crippen LogP contribution is 2.26. The van der Waals surface area contributed by atoms with E-state index in [1.54, 1.807) is 44.6 Å². The van der Waals surface area contributed by atoms with Crippen molar-refractivity contribution in [1.29, 1.82) is 0 Å². The Hall–Kier alpha value is -2.56. The van der Waals surface area contributed by atoms with Crippen molar-refractivity contribution in [1.82, 2.24) is 4.98 Å². The maximum atomic E-state index is 8.92. The van der Waals surface area contributed by atoms with Crippen LogP contribution in [0.3, 0.4) is 0 Å². The molecule has 0 radical (unpaired) electrons. The summed E-state index contributed by atoms with van der Waals surface area (Å²) in [5.74, 6) is 1.28. The van der Waals surface area contributed by atoms with Crippen molar-refractivity contribution in [3.05, 3.63) is 53.9 Å². The van der Waals surface area contributed by atoms with Gasteiger partial charge in [-0.15, -0.1) is 0 Å². The maximum absolute atomic E-state index is 8.92. The number of pyridine rings is 1. The molecule has 1 N–H and O–H groups in total. The van der Waals surface area contributed by atoms with Crippen molar-refractivity contribution in [2.24, 2.45) is 5.16 Å². The maximum Gasteiger partial charge on any atom is 0.132 e. The van der Waals surface area contributed by atoms with Gasteiger partial charge in [0, 0.05) is 29.6 Å². The smallest absolute Gasteiger partial charge is 0.132 e. The number of oxime groups is 1. The van der Waals surface area contributed by atoms with Crippen LogP contribution in [0.15, 0.2) is 47.9 Å². The second kappa shape index (κ2) is 6.56. The number of benzene rings is 1. The summed E-state index contributed by atoms with van der Waals surface area (Å²) in [6, 6.07) is 9.14. The van der Waals surface area contributed by atoms with E-state index in [0.717, 1.165) is 11.1 Å². The SMILES string of the molecule is COc1ccc(/C(C)=N/O)c(OCc2cccnc2)c1. The molecule has 0 fully saturated rings. The Bertz CT molecular complexity index is 597. The van der Waals surface area contributed by atoms with E-state index in [9.17, 15) is 0 Å². The summed E-state index contributed by atoms with van der Waals surface area (Å²) in [6.45, 7) is 2.09. The minimum Gasteiger partial charge on any atom is -0.497 e. The Morgan fingerprint density at radius 1 is 1.35 bits per heavy atom. The molecule has 0 bridgehead atoms. The molecule has 2 aromatic rings. The Morgan fingerprint density at radius 3 is 2.85 bits per heavy atom. The van der Waals surface area contributed by atoms with E-state index >= 15 is 0 Å². The largest absolute Gasteiger partial charge is 0.497 e. The van der Waals surface area contributed by atoms with Crippen molar-refractivity contribution in [2.45, 2.75) is 13.5 Å². The van der Waals surface area contributed by atoms with Crippen molar-refractivity contribution < 1.29 is 14.7 Å². The Kier molecular flexibility index (Phi) is 4.55. The van der Waals surface area contributed by atoms with Gasteiger partial charge in [0.05, 0.1) is 12.8 Å². The van der Waals surface area contributed by atoms with Crippen LogP contribution in [0.2, 0.25) is 0 Å². The van der Waals surface area contributed by atoms with Crippen LogP contribution in [0.25, 0.3) is 0 Å². The third kappa shape index (κ3) is 3.26. The monoisotopic (exact) mass is 272 g/mol. The van der Waals surface area contributed by atoms with Gasteiger partial charge in [0.25, 0.3) is 0 Å². The van der Waals surface area contributed by atoms with Crippen LogP contribution in [0.5, 0.6) is 11.5 Å². The minimum absolute atomic E-state index is 0.382. The first kappa shape index (κ1) is 13.9. The molecule has 0 saturated heterocycles. The molecule has 1 aromatic heterocycles. The van der Waals surface area contributed by atoms with E-state index in [1.807, 2.05) is 12.1 Å². The van der Waals surface area contributed by atoms with Crippen LogP contribution < -0.4 is 9.47 Å². The summed E-state index contributed by atoms with van der Waals surface area (Å²) >= 11 is 0. The summed E-state index contributed by atoms with van der Waals surface area (Å²) < 4.78 is 11.0. The summed E-state index contributed by atoms with van der Waals surface area (Å²) in [7, 11) is 1.59. The second-order valence-corrected chi connectivity index (χ2v) is 4.20. The standard InChI is InChI=1S/C15H16N2O3/c1-11(17-18)14-6-5-13(19-2)8-15(14)20-10-12-4-3-7-16-9-12/h3-9,18H,10H2,1-2H3/b17-11+. The van der Waals surface area contributed by atoms with Crippen LogP contribution in [0.4, 0.5) is 0 Å². The molecule has 0 aliphatic rings. The zero-order chi connectivity index (χ0) is 14.4. The number of hydrogen-bond acceptors (Lipinski definition) is 5. The third-order valence-corrected chi connectivity index (χ3v) is 2.85. The third-order valence-electron chi connectivity index (χ3n) is 2.85. The lowest BCUT2D eigenvalue weighted by Gasteiger charge is -2.12. The Labute approximate surface area is 117 Å². The molecule has 5 heteroatoms. The van der Waals surface area contributed by atoms with E-state index in [4.69, 9.17) is 14.7 Å². The summed E-state index contributed by atoms with van der Waals surface area (Å²) in [4.78, 5) is 4.04. The van der Waals surface area contributed by atoms with Gasteiger partial charge in [0.1, 0.15) is 18.1 Å². The topological polar surface area (TPSA) is 63.9 Å². The average Bonchev–Trinajstić information content (AvgIpc) is 2.52. The molecule has 0 atom stereocenters. The van der Waals surface area contributed by atoms with Gasteiger partial charge in [0.15, 0.2) is 0 Å². The molecule has 0 amide bonds. The predicted molar refractivity (Wildman–Crippen MR) is 75.6 cm³/mol. The van der Waals surface area contributed by atoms with Crippen LogP contribution in [0, 0.1) is 0 Å². The molecule has 0 spiro atoms. The lowest BCUT2D eigenvalue weighted by atomic mass is 10.1. The number of rotatable bonds is 5. The quantitative estimate of drug-likeness (QED) is 0.516. The first-order chi connectivity index (χ1) is 9.74. The number of nitrogens with zero attached hydrogens (tertiary/aromatic N) is 2. The van der Waals surface area contributed by atoms with E-state index < -0.39 is 0 Å². The summed E-state index contributed by atoms with van der Waals surface area (Å²) in [6.07, 6.45) is 3.45. The molecular weight excluding hydrogens is 256 g/mol. The number of hydrogen-bond donors (Lipinski definition) is 1. The first-order valence-electron chi connectivity index (χ1n) is 6.13. The van der Waals surface area contributed by atoms with Gasteiger partial charge < -0.3 is 14.7 Å². The van der Waals surface area contributed by atoms with Gasteiger partial charge in [-0.3, -0.25) is 4.98 Å². The molecule has 0 saturated carbocycles. The van der Waals surface area contributed by atoms with Crippen LogP contribution in [0.1, 0.15) is 18.1 Å². The molecule has 1 heterocycles. The second-order valence-electron chi connectivity index (χ2n) is 4.20. The molecule has 20 heavy (non-hydrogen) atoms. The van der Waals surface area contributed by atoms with Crippen molar-refractivity contribution in [3.8, 4) is 11.5 Å². The zero-order valence-corrected chi connectivity index (χ0v) is 11.4. The van der Waals surface area contributed by atoms with Crippen LogP contribution in [-0.4, -0.2) is 23.0 Å². The minimum atomic E-state index is 0.382. The fourth-order valence-corrected chi connectivity index (χ4v) is 1.75. The highest BCUT2D eigenvalue weighted by Gasteiger charge is 2.09. The normalized spacial score (nSPS) is 11.2. The lowest BCUT2D eigenvalue weighted by Crippen LogP contribution is -2.03.